The van der Waals surface area contributed by atoms with E-state index in [1.807, 2.05) is 0 Å². The average molecular weight is 402 g/mol. The fourth-order valence-corrected chi connectivity index (χ4v) is 3.73. The van der Waals surface area contributed by atoms with Gasteiger partial charge in [0.1, 0.15) is 24.9 Å². The van der Waals surface area contributed by atoms with Gasteiger partial charge in [0, 0.05) is 12.3 Å². The van der Waals surface area contributed by atoms with Crippen molar-refractivity contribution < 1.29 is 33.7 Å². The van der Waals surface area contributed by atoms with Crippen molar-refractivity contribution in [2.75, 3.05) is 20.3 Å². The van der Waals surface area contributed by atoms with Gasteiger partial charge < -0.3 is 19.3 Å². The Bertz CT molecular complexity index is 796. The fourth-order valence-electron chi connectivity index (χ4n) is 3.73. The second-order valence-corrected chi connectivity index (χ2v) is 7.10. The third kappa shape index (κ3) is 4.92. The Hall–Kier alpha value is -2.93. The van der Waals surface area contributed by atoms with Crippen molar-refractivity contribution in [3.63, 3.8) is 0 Å². The molecule has 1 saturated carbocycles. The number of ketones is 1. The van der Waals surface area contributed by atoms with Crippen molar-refractivity contribution in [3.05, 3.63) is 55.1 Å². The van der Waals surface area contributed by atoms with Gasteiger partial charge in [-0.3, -0.25) is 14.4 Å². The lowest BCUT2D eigenvalue weighted by Crippen LogP contribution is -2.55. The molecule has 7 nitrogen and oxygen atoms in total. The SMILES string of the molecule is C=CCOC(=O)[C@@H]1C(=O)C[C@](C)(O)[C@H](C(=O)OCC=C)[C@@H]1c1cccc(OC)c1. The predicted octanol–water partition coefficient (Wildman–Crippen LogP) is 2.19. The molecule has 7 heteroatoms. The minimum absolute atomic E-state index is 0.0598. The summed E-state index contributed by atoms with van der Waals surface area (Å²) < 4.78 is 15.6. The minimum Gasteiger partial charge on any atom is -0.497 e. The predicted molar refractivity (Wildman–Crippen MR) is 105 cm³/mol. The summed E-state index contributed by atoms with van der Waals surface area (Å²) in [7, 11) is 1.48. The van der Waals surface area contributed by atoms with E-state index in [0.717, 1.165) is 0 Å². The molecule has 0 aliphatic heterocycles. The highest BCUT2D eigenvalue weighted by Gasteiger charge is 2.57. The van der Waals surface area contributed by atoms with E-state index in [1.165, 1.54) is 26.2 Å². The highest BCUT2D eigenvalue weighted by atomic mass is 16.5. The number of benzene rings is 1. The normalized spacial score (nSPS) is 26.3. The van der Waals surface area contributed by atoms with Crippen LogP contribution in [0.5, 0.6) is 5.75 Å². The first-order chi connectivity index (χ1) is 13.8. The summed E-state index contributed by atoms with van der Waals surface area (Å²) in [6, 6.07) is 6.67. The lowest BCUT2D eigenvalue weighted by atomic mass is 9.61. The lowest BCUT2D eigenvalue weighted by molar-refractivity contribution is -0.172. The van der Waals surface area contributed by atoms with Gasteiger partial charge in [-0.25, -0.2) is 0 Å². The summed E-state index contributed by atoms with van der Waals surface area (Å²) in [6.45, 7) is 8.26. The van der Waals surface area contributed by atoms with Gasteiger partial charge in [0.25, 0.3) is 0 Å². The van der Waals surface area contributed by atoms with Crippen LogP contribution in [-0.4, -0.2) is 48.8 Å². The van der Waals surface area contributed by atoms with Gasteiger partial charge in [-0.1, -0.05) is 37.4 Å². The van der Waals surface area contributed by atoms with Crippen molar-refractivity contribution in [2.24, 2.45) is 11.8 Å². The number of esters is 2. The smallest absolute Gasteiger partial charge is 0.317 e. The van der Waals surface area contributed by atoms with Crippen molar-refractivity contribution in [1.29, 1.82) is 0 Å². The zero-order valence-electron chi connectivity index (χ0n) is 16.6. The first kappa shape index (κ1) is 22.4. The van der Waals surface area contributed by atoms with Gasteiger partial charge in [0.05, 0.1) is 18.6 Å². The van der Waals surface area contributed by atoms with E-state index in [4.69, 9.17) is 14.2 Å². The van der Waals surface area contributed by atoms with Crippen LogP contribution < -0.4 is 4.74 Å². The van der Waals surface area contributed by atoms with Crippen molar-refractivity contribution in [1.82, 2.24) is 0 Å². The minimum atomic E-state index is -1.71. The summed E-state index contributed by atoms with van der Waals surface area (Å²) in [4.78, 5) is 38.4. The standard InChI is InChI=1S/C22H26O7/c1-5-10-28-20(24)18-16(23)13-22(3,26)19(21(25)29-11-6-2)17(18)14-8-7-9-15(12-14)27-4/h5-9,12,17-19,26H,1-2,10-11,13H2,3-4H3/t17-,18-,19+,22+/m1/s1. The molecule has 0 heterocycles. The maximum atomic E-state index is 12.9. The molecule has 156 valence electrons. The average Bonchev–Trinajstić information content (AvgIpc) is 2.68. The number of carbonyl (C=O) groups excluding carboxylic acids is 3. The number of aliphatic hydroxyl groups is 1. The summed E-state index contributed by atoms with van der Waals surface area (Å²) in [6.07, 6.45) is 2.41. The number of Topliss-reactive ketones (excluding diaryl/α,β-unsaturated/α-hetero) is 1. The van der Waals surface area contributed by atoms with Crippen LogP contribution in [0.1, 0.15) is 24.8 Å². The van der Waals surface area contributed by atoms with Gasteiger partial charge in [-0.2, -0.15) is 0 Å². The van der Waals surface area contributed by atoms with E-state index in [1.54, 1.807) is 24.3 Å². The van der Waals surface area contributed by atoms with E-state index in [2.05, 4.69) is 13.2 Å². The molecule has 0 radical (unpaired) electrons. The molecule has 1 aliphatic rings. The van der Waals surface area contributed by atoms with Crippen LogP contribution >= 0.6 is 0 Å². The van der Waals surface area contributed by atoms with Crippen LogP contribution in [0.25, 0.3) is 0 Å². The molecule has 0 spiro atoms. The summed E-state index contributed by atoms with van der Waals surface area (Å²) in [5.41, 5.74) is -1.23. The monoisotopic (exact) mass is 402 g/mol. The van der Waals surface area contributed by atoms with Crippen LogP contribution in [-0.2, 0) is 23.9 Å². The van der Waals surface area contributed by atoms with Crippen LogP contribution in [0.4, 0.5) is 0 Å². The summed E-state index contributed by atoms with van der Waals surface area (Å²) in [5.74, 6) is -4.97. The van der Waals surface area contributed by atoms with Crippen LogP contribution in [0.2, 0.25) is 0 Å². The second kappa shape index (κ2) is 9.52. The van der Waals surface area contributed by atoms with Crippen molar-refractivity contribution >= 4 is 17.7 Å². The molecule has 2 rings (SSSR count). The topological polar surface area (TPSA) is 99.1 Å². The number of hydrogen-bond acceptors (Lipinski definition) is 7. The lowest BCUT2D eigenvalue weighted by Gasteiger charge is -2.43. The largest absolute Gasteiger partial charge is 0.497 e. The molecule has 1 aliphatic carbocycles. The molecule has 0 bridgehead atoms. The van der Waals surface area contributed by atoms with Gasteiger partial charge in [0.15, 0.2) is 5.78 Å². The molecule has 0 unspecified atom stereocenters. The molecular weight excluding hydrogens is 376 g/mol. The van der Waals surface area contributed by atoms with Crippen LogP contribution in [0, 0.1) is 11.8 Å². The highest BCUT2D eigenvalue weighted by Crippen LogP contribution is 2.47. The first-order valence-corrected chi connectivity index (χ1v) is 9.21. The Labute approximate surface area is 170 Å². The Kier molecular flexibility index (Phi) is 7.34. The van der Waals surface area contributed by atoms with Gasteiger partial charge >= 0.3 is 11.9 Å². The van der Waals surface area contributed by atoms with E-state index in [9.17, 15) is 19.5 Å². The first-order valence-electron chi connectivity index (χ1n) is 9.21. The second-order valence-electron chi connectivity index (χ2n) is 7.10. The maximum absolute atomic E-state index is 12.9. The zero-order chi connectivity index (χ0) is 21.6. The zero-order valence-corrected chi connectivity index (χ0v) is 16.6. The third-order valence-corrected chi connectivity index (χ3v) is 4.94. The Morgan fingerprint density at radius 1 is 1.21 bits per heavy atom. The van der Waals surface area contributed by atoms with Gasteiger partial charge in [-0.15, -0.1) is 0 Å². The van der Waals surface area contributed by atoms with E-state index in [-0.39, 0.29) is 19.6 Å². The van der Waals surface area contributed by atoms with E-state index in [0.29, 0.717) is 11.3 Å². The number of carbonyl (C=O) groups is 3. The molecule has 0 amide bonds. The molecule has 0 saturated heterocycles. The molecule has 1 aromatic rings. The maximum Gasteiger partial charge on any atom is 0.317 e. The summed E-state index contributed by atoms with van der Waals surface area (Å²) >= 11 is 0. The molecule has 29 heavy (non-hydrogen) atoms. The fraction of sp³-hybridized carbons (Fsp3) is 0.409. The Morgan fingerprint density at radius 3 is 2.41 bits per heavy atom. The number of ether oxygens (including phenoxy) is 3. The Balaban J connectivity index is 2.60. The third-order valence-electron chi connectivity index (χ3n) is 4.94. The molecular formula is C22H26O7. The van der Waals surface area contributed by atoms with Gasteiger partial charge in [0.2, 0.25) is 0 Å². The van der Waals surface area contributed by atoms with Crippen LogP contribution in [0.3, 0.4) is 0 Å². The van der Waals surface area contributed by atoms with E-state index >= 15 is 0 Å². The molecule has 1 N–H and O–H groups in total. The van der Waals surface area contributed by atoms with Gasteiger partial charge in [-0.05, 0) is 24.6 Å². The number of rotatable bonds is 8. The molecule has 1 aromatic carbocycles. The summed E-state index contributed by atoms with van der Waals surface area (Å²) in [5, 5.41) is 11.0. The molecule has 4 atom stereocenters. The molecule has 0 aromatic heterocycles. The quantitative estimate of drug-likeness (QED) is 0.404. The number of methoxy groups -OCH3 is 1. The number of hydrogen-bond donors (Lipinski definition) is 1. The Morgan fingerprint density at radius 2 is 1.83 bits per heavy atom. The highest BCUT2D eigenvalue weighted by molar-refractivity contribution is 6.02. The molecule has 1 fully saturated rings. The van der Waals surface area contributed by atoms with Crippen molar-refractivity contribution in [3.8, 4) is 5.75 Å². The van der Waals surface area contributed by atoms with Crippen molar-refractivity contribution in [2.45, 2.75) is 24.9 Å². The van der Waals surface area contributed by atoms with Crippen LogP contribution in [0.15, 0.2) is 49.6 Å². The van der Waals surface area contributed by atoms with E-state index < -0.39 is 41.1 Å².